The van der Waals surface area contributed by atoms with Gasteiger partial charge in [-0.05, 0) is 44.4 Å². The molecule has 40 heavy (non-hydrogen) atoms. The number of halogens is 1. The van der Waals surface area contributed by atoms with Crippen LogP contribution in [-0.2, 0) is 23.7 Å². The lowest BCUT2D eigenvalue weighted by Gasteiger charge is -2.47. The van der Waals surface area contributed by atoms with Crippen LogP contribution >= 0.6 is 11.6 Å². The lowest BCUT2D eigenvalue weighted by Crippen LogP contribution is -2.59. The van der Waals surface area contributed by atoms with Crippen molar-refractivity contribution in [2.24, 2.45) is 0 Å². The minimum absolute atomic E-state index is 0.0120. The van der Waals surface area contributed by atoms with Gasteiger partial charge in [0.15, 0.2) is 11.7 Å². The zero-order chi connectivity index (χ0) is 29.0. The first-order valence-electron chi connectivity index (χ1n) is 13.2. The second kappa shape index (κ2) is 12.6. The van der Waals surface area contributed by atoms with Crippen molar-refractivity contribution in [2.45, 2.75) is 57.9 Å². The Balaban J connectivity index is 1.89. The molecule has 3 atom stereocenters. The zero-order valence-corrected chi connectivity index (χ0v) is 23.9. The number of carbonyl (C=O) groups is 2. The number of ether oxygens (including phenoxy) is 5. The van der Waals surface area contributed by atoms with Crippen molar-refractivity contribution in [1.29, 1.82) is 0 Å². The Morgan fingerprint density at radius 2 is 1.98 bits per heavy atom. The van der Waals surface area contributed by atoms with E-state index in [1.807, 2.05) is 11.1 Å². The van der Waals surface area contributed by atoms with Crippen LogP contribution in [0, 0.1) is 0 Å². The van der Waals surface area contributed by atoms with Crippen LogP contribution in [0.25, 0.3) is 11.3 Å². The van der Waals surface area contributed by atoms with Gasteiger partial charge in [-0.3, -0.25) is 19.3 Å². The number of aliphatic hydroxyl groups is 1. The lowest BCUT2D eigenvalue weighted by molar-refractivity contribution is -0.146. The van der Waals surface area contributed by atoms with E-state index < -0.39 is 29.2 Å². The molecule has 0 bridgehead atoms. The van der Waals surface area contributed by atoms with Gasteiger partial charge >= 0.3 is 11.9 Å². The van der Waals surface area contributed by atoms with Gasteiger partial charge in [-0.2, -0.15) is 0 Å². The largest absolute Gasteiger partial charge is 0.492 e. The van der Waals surface area contributed by atoms with Crippen molar-refractivity contribution < 1.29 is 38.4 Å². The molecule has 2 aromatic rings. The van der Waals surface area contributed by atoms with Crippen molar-refractivity contribution in [3.63, 3.8) is 0 Å². The highest BCUT2D eigenvalue weighted by Gasteiger charge is 2.52. The smallest absolute Gasteiger partial charge is 0.343 e. The summed E-state index contributed by atoms with van der Waals surface area (Å²) < 4.78 is 29.1. The number of rotatable bonds is 12. The van der Waals surface area contributed by atoms with E-state index in [4.69, 9.17) is 35.3 Å². The molecule has 1 fully saturated rings. The Bertz CT molecular complexity index is 1310. The normalized spacial score (nSPS) is 19.9. The molecule has 2 aliphatic heterocycles. The number of hydrogen-bond donors (Lipinski definition) is 1. The molecule has 0 saturated carbocycles. The lowest BCUT2D eigenvalue weighted by atomic mass is 9.94. The monoisotopic (exact) mass is 578 g/mol. The first kappa shape index (κ1) is 29.9. The maximum absolute atomic E-state index is 13.1. The Morgan fingerprint density at radius 3 is 2.65 bits per heavy atom. The second-order valence-electron chi connectivity index (χ2n) is 9.88. The van der Waals surface area contributed by atoms with Crippen molar-refractivity contribution in [3.05, 3.63) is 50.8 Å². The van der Waals surface area contributed by atoms with Crippen LogP contribution in [-0.4, -0.2) is 73.7 Å². The molecule has 1 N–H and O–H groups in total. The highest BCUT2D eigenvalue weighted by Crippen LogP contribution is 2.50. The number of nitrogens with zero attached hydrogens (tertiary/aromatic N) is 2. The molecular weight excluding hydrogens is 544 g/mol. The van der Waals surface area contributed by atoms with Gasteiger partial charge in [0.2, 0.25) is 0 Å². The summed E-state index contributed by atoms with van der Waals surface area (Å²) in [7, 11) is 1.62. The summed E-state index contributed by atoms with van der Waals surface area (Å²) in [5, 5.41) is 12.3. The van der Waals surface area contributed by atoms with Crippen LogP contribution in [0.3, 0.4) is 0 Å². The van der Waals surface area contributed by atoms with Crippen LogP contribution in [0.5, 0.6) is 5.75 Å². The second-order valence-corrected chi connectivity index (χ2v) is 10.3. The standard InChI is InChI=1S/C28H35ClN2O9/c1-5-37-27(35)21-14-30-24(13-25(21)34)19-11-22(29)26(38-10-6-9-36-4)12-20(19)23-7-8-28(31(23)30,15-39-17(2)32)16-40-18(3)33/h11-14,17,23,32H,5-10,15-16H2,1-4H3/t17?,23-,28?/m1/s1. The van der Waals surface area contributed by atoms with E-state index in [-0.39, 0.29) is 31.4 Å². The predicted molar refractivity (Wildman–Crippen MR) is 146 cm³/mol. The number of carbonyl (C=O) groups excluding carboxylic acids is 2. The predicted octanol–water partition coefficient (Wildman–Crippen LogP) is 3.20. The summed E-state index contributed by atoms with van der Waals surface area (Å²) >= 11 is 6.63. The van der Waals surface area contributed by atoms with Gasteiger partial charge in [-0.25, -0.2) is 4.79 Å². The summed E-state index contributed by atoms with van der Waals surface area (Å²) in [5.41, 5.74) is 0.485. The van der Waals surface area contributed by atoms with E-state index in [0.29, 0.717) is 54.5 Å². The van der Waals surface area contributed by atoms with Crippen LogP contribution < -0.4 is 15.2 Å². The van der Waals surface area contributed by atoms with Crippen LogP contribution in [0.1, 0.15) is 62.0 Å². The Hall–Kier alpha value is -3.12. The summed E-state index contributed by atoms with van der Waals surface area (Å²) in [6.07, 6.45) is 2.19. The van der Waals surface area contributed by atoms with Gasteiger partial charge in [0.05, 0.1) is 36.6 Å². The molecule has 1 saturated heterocycles. The van der Waals surface area contributed by atoms with Gasteiger partial charge in [0, 0.05) is 44.9 Å². The van der Waals surface area contributed by atoms with Crippen molar-refractivity contribution >= 4 is 23.5 Å². The fraction of sp³-hybridized carbons (Fsp3) is 0.536. The molecule has 218 valence electrons. The molecule has 0 aliphatic carbocycles. The molecule has 0 radical (unpaired) electrons. The number of aromatic nitrogens is 1. The Morgan fingerprint density at radius 1 is 1.20 bits per heavy atom. The van der Waals surface area contributed by atoms with Gasteiger partial charge in [-0.1, -0.05) is 11.6 Å². The highest BCUT2D eigenvalue weighted by atomic mass is 35.5. The fourth-order valence-corrected chi connectivity index (χ4v) is 5.51. The molecule has 2 unspecified atom stereocenters. The maximum atomic E-state index is 13.1. The van der Waals surface area contributed by atoms with Crippen LogP contribution in [0.4, 0.5) is 0 Å². The minimum atomic E-state index is -1.07. The van der Waals surface area contributed by atoms with Gasteiger partial charge in [-0.15, -0.1) is 0 Å². The third-order valence-corrected chi connectivity index (χ3v) is 7.35. The molecule has 12 heteroatoms. The van der Waals surface area contributed by atoms with Crippen molar-refractivity contribution in [1.82, 2.24) is 4.68 Å². The van der Waals surface area contributed by atoms with Crippen molar-refractivity contribution in [3.8, 4) is 17.0 Å². The van der Waals surface area contributed by atoms with Gasteiger partial charge in [0.25, 0.3) is 0 Å². The summed E-state index contributed by atoms with van der Waals surface area (Å²) in [6, 6.07) is 4.72. The first-order valence-corrected chi connectivity index (χ1v) is 13.6. The molecule has 1 aromatic heterocycles. The number of pyridine rings is 1. The summed E-state index contributed by atoms with van der Waals surface area (Å²) in [6.45, 7) is 5.49. The molecule has 1 aromatic carbocycles. The number of fused-ring (bicyclic) bond motifs is 6. The molecule has 4 rings (SSSR count). The Kier molecular flexibility index (Phi) is 9.40. The first-order chi connectivity index (χ1) is 19.1. The molecule has 0 spiro atoms. The Labute approximate surface area is 237 Å². The fourth-order valence-electron chi connectivity index (χ4n) is 5.30. The van der Waals surface area contributed by atoms with E-state index in [9.17, 15) is 19.5 Å². The maximum Gasteiger partial charge on any atom is 0.343 e. The third-order valence-electron chi connectivity index (χ3n) is 7.05. The summed E-state index contributed by atoms with van der Waals surface area (Å²) in [4.78, 5) is 37.7. The molecule has 2 aliphatic rings. The average Bonchev–Trinajstić information content (AvgIpc) is 3.29. The average molecular weight is 579 g/mol. The highest BCUT2D eigenvalue weighted by molar-refractivity contribution is 6.32. The zero-order valence-electron chi connectivity index (χ0n) is 23.1. The van der Waals surface area contributed by atoms with Crippen molar-refractivity contribution in [2.75, 3.05) is 45.2 Å². The number of aliphatic hydroxyl groups excluding tert-OH is 1. The SMILES string of the molecule is CCOC(=O)c1cn2c(cc1=O)-c1cc(Cl)c(OCCCOC)cc1[C@H]1CCC(COC(C)=O)(COC(C)O)N12. The molecule has 3 heterocycles. The number of benzene rings is 1. The van der Waals surface area contributed by atoms with E-state index in [1.165, 1.54) is 26.1 Å². The quantitative estimate of drug-likeness (QED) is 0.228. The molecular formula is C28H35ClN2O9. The summed E-state index contributed by atoms with van der Waals surface area (Å²) in [5.74, 6) is -0.718. The molecule has 0 amide bonds. The van der Waals surface area contributed by atoms with Crippen LogP contribution in [0.2, 0.25) is 5.02 Å². The van der Waals surface area contributed by atoms with E-state index >= 15 is 0 Å². The van der Waals surface area contributed by atoms with E-state index in [1.54, 1.807) is 24.8 Å². The number of methoxy groups -OCH3 is 1. The topological polar surface area (TPSA) is 126 Å². The third kappa shape index (κ3) is 5.97. The van der Waals surface area contributed by atoms with Crippen LogP contribution in [0.15, 0.2) is 29.2 Å². The van der Waals surface area contributed by atoms with E-state index in [2.05, 4.69) is 0 Å². The molecule has 11 nitrogen and oxygen atoms in total. The number of esters is 2. The van der Waals surface area contributed by atoms with Gasteiger partial charge < -0.3 is 28.8 Å². The van der Waals surface area contributed by atoms with E-state index in [0.717, 1.165) is 5.56 Å². The number of hydrogen-bond acceptors (Lipinski definition) is 10. The minimum Gasteiger partial charge on any atom is -0.492 e. The van der Waals surface area contributed by atoms with Gasteiger partial charge in [0.1, 0.15) is 23.5 Å².